The van der Waals surface area contributed by atoms with E-state index in [0.717, 1.165) is 5.56 Å². The van der Waals surface area contributed by atoms with E-state index in [-0.39, 0.29) is 28.6 Å². The SMILES string of the molecule is Cc1csc2c1C(=O)N(CCCO)C(=O)[N+]2(C)Br. The number of quaternary nitrogens is 1. The van der Waals surface area contributed by atoms with Crippen molar-refractivity contribution >= 4 is 44.4 Å². The molecule has 1 N–H and O–H groups in total. The topological polar surface area (TPSA) is 57.6 Å². The van der Waals surface area contributed by atoms with Crippen molar-refractivity contribution in [2.45, 2.75) is 13.3 Å². The van der Waals surface area contributed by atoms with E-state index in [1.165, 1.54) is 16.2 Å². The molecule has 18 heavy (non-hydrogen) atoms. The number of amides is 3. The molecule has 0 aromatic carbocycles. The van der Waals surface area contributed by atoms with Crippen LogP contribution in [0.1, 0.15) is 22.3 Å². The molecule has 1 unspecified atom stereocenters. The Bertz CT molecular complexity index is 512. The van der Waals surface area contributed by atoms with Crippen LogP contribution in [0.5, 0.6) is 0 Å². The molecule has 0 fully saturated rings. The summed E-state index contributed by atoms with van der Waals surface area (Å²) in [7, 11) is 1.70. The summed E-state index contributed by atoms with van der Waals surface area (Å²) >= 11 is 4.77. The second-order valence-corrected chi connectivity index (χ2v) is 6.59. The van der Waals surface area contributed by atoms with E-state index in [1.54, 1.807) is 7.05 Å². The van der Waals surface area contributed by atoms with Crippen LogP contribution in [0.4, 0.5) is 9.80 Å². The average Bonchev–Trinajstić information content (AvgIpc) is 2.70. The molecular formula is C11H14BrN2O3S+. The Morgan fingerprint density at radius 3 is 2.78 bits per heavy atom. The van der Waals surface area contributed by atoms with Crippen LogP contribution < -0.4 is 3.51 Å². The summed E-state index contributed by atoms with van der Waals surface area (Å²) in [5.41, 5.74) is 1.47. The molecule has 0 radical (unpaired) electrons. The smallest absolute Gasteiger partial charge is 0.396 e. The summed E-state index contributed by atoms with van der Waals surface area (Å²) in [6.45, 7) is 2.06. The molecular weight excluding hydrogens is 320 g/mol. The van der Waals surface area contributed by atoms with Crippen molar-refractivity contribution in [2.24, 2.45) is 0 Å². The summed E-state index contributed by atoms with van der Waals surface area (Å²) in [5.74, 6) is -0.266. The third kappa shape index (κ3) is 1.91. The molecule has 2 rings (SSSR count). The first-order valence-electron chi connectivity index (χ1n) is 5.53. The maximum Gasteiger partial charge on any atom is 0.442 e. The predicted octanol–water partition coefficient (Wildman–Crippen LogP) is 2.26. The maximum atomic E-state index is 12.3. The molecule has 1 aromatic heterocycles. The van der Waals surface area contributed by atoms with Gasteiger partial charge >= 0.3 is 6.03 Å². The molecule has 5 nitrogen and oxygen atoms in total. The number of aliphatic hydroxyl groups excluding tert-OH is 1. The number of urea groups is 1. The standard InChI is InChI=1S/C11H14BrN2O3S/c1-7-6-18-10-8(7)9(16)13(4-3-5-15)11(17)14(10,2)12/h6,15H,3-5H2,1-2H3/q+1. The lowest BCUT2D eigenvalue weighted by Crippen LogP contribution is -2.56. The summed E-state index contributed by atoms with van der Waals surface area (Å²) in [6, 6.07) is -0.317. The molecule has 1 aliphatic rings. The number of halogens is 1. The number of carbonyl (C=O) groups is 2. The Labute approximate surface area is 118 Å². The second-order valence-electron chi connectivity index (χ2n) is 4.31. The number of hydrogen-bond donors (Lipinski definition) is 1. The van der Waals surface area contributed by atoms with Crippen molar-refractivity contribution in [3.63, 3.8) is 0 Å². The van der Waals surface area contributed by atoms with Gasteiger partial charge in [-0.15, -0.1) is 3.51 Å². The predicted molar refractivity (Wildman–Crippen MR) is 73.8 cm³/mol. The highest BCUT2D eigenvalue weighted by molar-refractivity contribution is 9.09. The quantitative estimate of drug-likeness (QED) is 0.863. The zero-order valence-corrected chi connectivity index (χ0v) is 12.5. The van der Waals surface area contributed by atoms with Gasteiger partial charge in [-0.25, -0.2) is 9.69 Å². The van der Waals surface area contributed by atoms with E-state index >= 15 is 0 Å². The Hall–Kier alpha value is -0.760. The first kappa shape index (κ1) is 13.7. The highest BCUT2D eigenvalue weighted by Crippen LogP contribution is 2.42. The first-order valence-corrected chi connectivity index (χ1v) is 7.12. The van der Waals surface area contributed by atoms with E-state index < -0.39 is 0 Å². The monoisotopic (exact) mass is 333 g/mol. The molecule has 7 heteroatoms. The number of aryl methyl sites for hydroxylation is 1. The van der Waals surface area contributed by atoms with Crippen molar-refractivity contribution in [2.75, 3.05) is 20.2 Å². The van der Waals surface area contributed by atoms with Crippen molar-refractivity contribution < 1.29 is 14.7 Å². The minimum atomic E-state index is -0.317. The van der Waals surface area contributed by atoms with Gasteiger partial charge in [-0.3, -0.25) is 4.79 Å². The Kier molecular flexibility index (Phi) is 3.59. The Morgan fingerprint density at radius 2 is 2.17 bits per heavy atom. The highest BCUT2D eigenvalue weighted by atomic mass is 79.9. The largest absolute Gasteiger partial charge is 0.442 e. The fraction of sp³-hybridized carbons (Fsp3) is 0.455. The third-order valence-corrected chi connectivity index (χ3v) is 5.08. The summed E-state index contributed by atoms with van der Waals surface area (Å²) in [6.07, 6.45) is 0.392. The van der Waals surface area contributed by atoms with Crippen molar-refractivity contribution in [1.29, 1.82) is 0 Å². The van der Waals surface area contributed by atoms with Gasteiger partial charge in [0, 0.05) is 18.5 Å². The van der Waals surface area contributed by atoms with Gasteiger partial charge in [-0.2, -0.15) is 0 Å². The molecule has 1 atom stereocenters. The van der Waals surface area contributed by atoms with Crippen LogP contribution in [0.25, 0.3) is 0 Å². The van der Waals surface area contributed by atoms with Crippen LogP contribution >= 0.6 is 27.5 Å². The molecule has 3 amide bonds. The van der Waals surface area contributed by atoms with Gasteiger partial charge in [0.25, 0.3) is 5.91 Å². The van der Waals surface area contributed by atoms with Gasteiger partial charge in [-0.1, -0.05) is 11.3 Å². The van der Waals surface area contributed by atoms with Crippen LogP contribution in [0, 0.1) is 6.92 Å². The van der Waals surface area contributed by atoms with Gasteiger partial charge in [0.15, 0.2) is 0 Å². The zero-order valence-electron chi connectivity index (χ0n) is 10.1. The molecule has 98 valence electrons. The number of imide groups is 1. The first-order chi connectivity index (χ1) is 8.41. The number of aliphatic hydroxyl groups is 1. The van der Waals surface area contributed by atoms with Gasteiger partial charge in [-0.05, 0) is 18.9 Å². The van der Waals surface area contributed by atoms with Crippen molar-refractivity contribution in [3.8, 4) is 0 Å². The van der Waals surface area contributed by atoms with E-state index in [4.69, 9.17) is 5.11 Å². The second kappa shape index (κ2) is 4.73. The molecule has 0 bridgehead atoms. The lowest BCUT2D eigenvalue weighted by Gasteiger charge is -2.32. The molecule has 0 aliphatic carbocycles. The number of carbonyl (C=O) groups excluding carboxylic acids is 2. The van der Waals surface area contributed by atoms with E-state index in [9.17, 15) is 9.59 Å². The molecule has 0 spiro atoms. The fourth-order valence-electron chi connectivity index (χ4n) is 1.96. The van der Waals surface area contributed by atoms with E-state index in [0.29, 0.717) is 17.0 Å². The minimum absolute atomic E-state index is 0.0431. The maximum absolute atomic E-state index is 12.3. The van der Waals surface area contributed by atoms with Gasteiger partial charge < -0.3 is 5.11 Å². The third-order valence-electron chi connectivity index (χ3n) is 2.93. The number of fused-ring (bicyclic) bond motifs is 1. The molecule has 2 heterocycles. The van der Waals surface area contributed by atoms with Crippen LogP contribution in [0.2, 0.25) is 0 Å². The van der Waals surface area contributed by atoms with Crippen LogP contribution in [-0.2, 0) is 0 Å². The molecule has 0 saturated carbocycles. The number of hydrogen-bond acceptors (Lipinski definition) is 4. The normalized spacial score (nSPS) is 23.4. The Morgan fingerprint density at radius 1 is 1.50 bits per heavy atom. The van der Waals surface area contributed by atoms with Gasteiger partial charge in [0.1, 0.15) is 5.56 Å². The zero-order chi connectivity index (χ0) is 13.5. The molecule has 1 aromatic rings. The molecule has 1 aliphatic heterocycles. The van der Waals surface area contributed by atoms with Crippen LogP contribution in [0.3, 0.4) is 0 Å². The number of thiophene rings is 1. The molecule has 0 saturated heterocycles. The van der Waals surface area contributed by atoms with Crippen molar-refractivity contribution in [1.82, 2.24) is 8.41 Å². The van der Waals surface area contributed by atoms with Crippen molar-refractivity contribution in [3.05, 3.63) is 16.5 Å². The summed E-state index contributed by atoms with van der Waals surface area (Å²) in [5, 5.41) is 11.4. The highest BCUT2D eigenvalue weighted by Gasteiger charge is 2.50. The number of nitrogens with zero attached hydrogens (tertiary/aromatic N) is 2. The lowest BCUT2D eigenvalue weighted by atomic mass is 10.1. The summed E-state index contributed by atoms with van der Waals surface area (Å²) < 4.78 is -0.127. The Balaban J connectivity index is 2.49. The van der Waals surface area contributed by atoms with E-state index in [1.807, 2.05) is 12.3 Å². The van der Waals surface area contributed by atoms with Gasteiger partial charge in [0.2, 0.25) is 21.1 Å². The van der Waals surface area contributed by atoms with E-state index in [2.05, 4.69) is 16.1 Å². The van der Waals surface area contributed by atoms with Crippen LogP contribution in [-0.4, -0.2) is 42.1 Å². The fourth-order valence-corrected chi connectivity index (χ4v) is 3.63. The van der Waals surface area contributed by atoms with Gasteiger partial charge in [0.05, 0.1) is 7.05 Å². The lowest BCUT2D eigenvalue weighted by molar-refractivity contribution is 0.0766. The minimum Gasteiger partial charge on any atom is -0.396 e. The number of rotatable bonds is 3. The van der Waals surface area contributed by atoms with Crippen LogP contribution in [0.15, 0.2) is 5.38 Å². The summed E-state index contributed by atoms with van der Waals surface area (Å²) in [4.78, 5) is 25.8. The average molecular weight is 334 g/mol.